The molecule has 0 amide bonds. The highest BCUT2D eigenvalue weighted by Gasteiger charge is 2.35. The monoisotopic (exact) mass is 447 g/mol. The molecule has 0 aromatic heterocycles. The van der Waals surface area contributed by atoms with Crippen LogP contribution in [0, 0.1) is 5.82 Å². The van der Waals surface area contributed by atoms with Gasteiger partial charge in [0.1, 0.15) is 5.82 Å². The molecule has 4 rings (SSSR count). The molecule has 2 aliphatic heterocycles. The Bertz CT molecular complexity index is 942. The molecular formula is C23H30FN3O3S. The maximum absolute atomic E-state index is 13.1. The van der Waals surface area contributed by atoms with Gasteiger partial charge in [0.05, 0.1) is 18.5 Å². The van der Waals surface area contributed by atoms with Crippen LogP contribution in [0.25, 0.3) is 0 Å². The number of ether oxygens (including phenoxy) is 1. The number of sulfonamides is 1. The second kappa shape index (κ2) is 9.75. The molecule has 0 aliphatic carbocycles. The van der Waals surface area contributed by atoms with Crippen LogP contribution in [0.5, 0.6) is 0 Å². The van der Waals surface area contributed by atoms with E-state index in [1.165, 1.54) is 18.4 Å². The fourth-order valence-electron chi connectivity index (χ4n) is 4.42. The molecule has 0 N–H and O–H groups in total. The first-order valence-corrected chi connectivity index (χ1v) is 12.5. The zero-order valence-corrected chi connectivity index (χ0v) is 18.7. The SMILES string of the molecule is CS(=O)(=O)N(CCN1CC2CN(Cc3ccc(F)cc3)CC(C1)O2)Cc1ccccc1. The van der Waals surface area contributed by atoms with Crippen LogP contribution in [0.1, 0.15) is 11.1 Å². The molecule has 2 heterocycles. The molecule has 2 saturated heterocycles. The standard InChI is InChI=1S/C23H30FN3O3S/c1-31(28,29)27(14-19-5-3-2-4-6-19)12-11-25-15-22-17-26(18-23(16-25)30-22)13-20-7-9-21(24)10-8-20/h2-10,22-23H,11-18H2,1H3. The summed E-state index contributed by atoms with van der Waals surface area (Å²) in [7, 11) is -3.29. The van der Waals surface area contributed by atoms with Gasteiger partial charge in [0.15, 0.2) is 0 Å². The van der Waals surface area contributed by atoms with E-state index in [1.54, 1.807) is 4.31 Å². The predicted octanol–water partition coefficient (Wildman–Crippen LogP) is 2.17. The zero-order chi connectivity index (χ0) is 21.8. The highest BCUT2D eigenvalue weighted by atomic mass is 32.2. The summed E-state index contributed by atoms with van der Waals surface area (Å²) in [5.41, 5.74) is 2.09. The summed E-state index contributed by atoms with van der Waals surface area (Å²) in [5, 5.41) is 0. The highest BCUT2D eigenvalue weighted by molar-refractivity contribution is 7.88. The fourth-order valence-corrected chi connectivity index (χ4v) is 5.22. The number of fused-ring (bicyclic) bond motifs is 2. The molecule has 2 fully saturated rings. The molecule has 168 valence electrons. The molecular weight excluding hydrogens is 417 g/mol. The number of rotatable bonds is 8. The number of morpholine rings is 2. The van der Waals surface area contributed by atoms with Gasteiger partial charge in [0.25, 0.3) is 0 Å². The fraction of sp³-hybridized carbons (Fsp3) is 0.478. The summed E-state index contributed by atoms with van der Waals surface area (Å²) >= 11 is 0. The lowest BCUT2D eigenvalue weighted by Crippen LogP contribution is -2.59. The van der Waals surface area contributed by atoms with E-state index in [2.05, 4.69) is 9.80 Å². The molecule has 2 aliphatic rings. The van der Waals surface area contributed by atoms with Gasteiger partial charge < -0.3 is 4.74 Å². The summed E-state index contributed by atoms with van der Waals surface area (Å²) in [4.78, 5) is 4.68. The summed E-state index contributed by atoms with van der Waals surface area (Å²) in [5.74, 6) is -0.214. The smallest absolute Gasteiger partial charge is 0.211 e. The van der Waals surface area contributed by atoms with Crippen LogP contribution >= 0.6 is 0 Å². The van der Waals surface area contributed by atoms with E-state index in [0.29, 0.717) is 19.6 Å². The Morgan fingerprint density at radius 3 is 2.16 bits per heavy atom. The van der Waals surface area contributed by atoms with E-state index >= 15 is 0 Å². The summed E-state index contributed by atoms with van der Waals surface area (Å²) in [6.45, 7) is 5.56. The molecule has 2 aromatic rings. The van der Waals surface area contributed by atoms with Gasteiger partial charge in [-0.25, -0.2) is 12.8 Å². The van der Waals surface area contributed by atoms with Gasteiger partial charge in [-0.1, -0.05) is 42.5 Å². The van der Waals surface area contributed by atoms with Crippen molar-refractivity contribution >= 4 is 10.0 Å². The molecule has 8 heteroatoms. The quantitative estimate of drug-likeness (QED) is 0.621. The number of hydrogen-bond acceptors (Lipinski definition) is 5. The van der Waals surface area contributed by atoms with Crippen LogP contribution in [0.4, 0.5) is 4.39 Å². The van der Waals surface area contributed by atoms with Crippen molar-refractivity contribution in [2.45, 2.75) is 25.3 Å². The van der Waals surface area contributed by atoms with E-state index < -0.39 is 10.0 Å². The van der Waals surface area contributed by atoms with Gasteiger partial charge in [-0.3, -0.25) is 9.80 Å². The Hall–Kier alpha value is -1.84. The second-order valence-corrected chi connectivity index (χ2v) is 10.5. The normalized spacial score (nSPS) is 22.7. The number of nitrogens with zero attached hydrogens (tertiary/aromatic N) is 3. The van der Waals surface area contributed by atoms with Crippen molar-refractivity contribution < 1.29 is 17.5 Å². The van der Waals surface area contributed by atoms with Gasteiger partial charge in [0.2, 0.25) is 10.0 Å². The number of benzene rings is 2. The van der Waals surface area contributed by atoms with E-state index in [-0.39, 0.29) is 18.0 Å². The molecule has 0 spiro atoms. The van der Waals surface area contributed by atoms with Gasteiger partial charge in [-0.15, -0.1) is 0 Å². The minimum absolute atomic E-state index is 0.105. The van der Waals surface area contributed by atoms with Gasteiger partial charge >= 0.3 is 0 Å². The first-order valence-electron chi connectivity index (χ1n) is 10.7. The lowest BCUT2D eigenvalue weighted by atomic mass is 10.1. The van der Waals surface area contributed by atoms with Crippen LogP contribution < -0.4 is 0 Å². The number of halogens is 1. The Balaban J connectivity index is 1.30. The largest absolute Gasteiger partial charge is 0.370 e. The average Bonchev–Trinajstić information content (AvgIpc) is 2.72. The summed E-state index contributed by atoms with van der Waals surface area (Å²) in [6.07, 6.45) is 1.49. The Morgan fingerprint density at radius 2 is 1.55 bits per heavy atom. The minimum Gasteiger partial charge on any atom is -0.370 e. The van der Waals surface area contributed by atoms with Crippen molar-refractivity contribution in [2.24, 2.45) is 0 Å². The maximum atomic E-state index is 13.1. The van der Waals surface area contributed by atoms with E-state index in [9.17, 15) is 12.8 Å². The second-order valence-electron chi connectivity index (χ2n) is 8.54. The van der Waals surface area contributed by atoms with E-state index in [0.717, 1.165) is 43.9 Å². The summed E-state index contributed by atoms with van der Waals surface area (Å²) in [6, 6.07) is 16.4. The van der Waals surface area contributed by atoms with Crippen LogP contribution in [-0.4, -0.2) is 80.3 Å². The number of hydrogen-bond donors (Lipinski definition) is 0. The molecule has 2 unspecified atom stereocenters. The van der Waals surface area contributed by atoms with Crippen LogP contribution in [0.3, 0.4) is 0 Å². The molecule has 31 heavy (non-hydrogen) atoms. The third-order valence-corrected chi connectivity index (χ3v) is 7.14. The first kappa shape index (κ1) is 22.4. The Labute approximate surface area is 184 Å². The highest BCUT2D eigenvalue weighted by Crippen LogP contribution is 2.21. The third-order valence-electron chi connectivity index (χ3n) is 5.89. The van der Waals surface area contributed by atoms with Crippen LogP contribution in [0.2, 0.25) is 0 Å². The van der Waals surface area contributed by atoms with Crippen LogP contribution in [-0.2, 0) is 27.8 Å². The van der Waals surface area contributed by atoms with Gasteiger partial charge in [-0.2, -0.15) is 4.31 Å². The zero-order valence-electron chi connectivity index (χ0n) is 17.9. The lowest BCUT2D eigenvalue weighted by Gasteiger charge is -2.46. The van der Waals surface area contributed by atoms with E-state index in [4.69, 9.17) is 4.74 Å². The third kappa shape index (κ3) is 6.33. The van der Waals surface area contributed by atoms with Gasteiger partial charge in [-0.05, 0) is 23.3 Å². The van der Waals surface area contributed by atoms with Crippen molar-refractivity contribution in [3.05, 3.63) is 71.5 Å². The van der Waals surface area contributed by atoms with Crippen molar-refractivity contribution in [2.75, 3.05) is 45.5 Å². The minimum atomic E-state index is -3.29. The van der Waals surface area contributed by atoms with Crippen molar-refractivity contribution in [1.29, 1.82) is 0 Å². The molecule has 2 atom stereocenters. The Kier molecular flexibility index (Phi) is 7.03. The van der Waals surface area contributed by atoms with Crippen molar-refractivity contribution in [3.63, 3.8) is 0 Å². The average molecular weight is 448 g/mol. The van der Waals surface area contributed by atoms with Crippen LogP contribution in [0.15, 0.2) is 54.6 Å². The Morgan fingerprint density at radius 1 is 0.935 bits per heavy atom. The summed E-state index contributed by atoms with van der Waals surface area (Å²) < 4.78 is 45.4. The molecule has 2 bridgehead atoms. The molecule has 2 aromatic carbocycles. The lowest BCUT2D eigenvalue weighted by molar-refractivity contribution is -0.140. The molecule has 6 nitrogen and oxygen atoms in total. The molecule has 0 radical (unpaired) electrons. The van der Waals surface area contributed by atoms with Gasteiger partial charge in [0, 0.05) is 52.4 Å². The van der Waals surface area contributed by atoms with E-state index in [1.807, 2.05) is 42.5 Å². The van der Waals surface area contributed by atoms with Crippen molar-refractivity contribution in [1.82, 2.24) is 14.1 Å². The first-order chi connectivity index (χ1) is 14.8. The predicted molar refractivity (Wildman–Crippen MR) is 118 cm³/mol. The topological polar surface area (TPSA) is 53.1 Å². The maximum Gasteiger partial charge on any atom is 0.211 e. The van der Waals surface area contributed by atoms with Crippen molar-refractivity contribution in [3.8, 4) is 0 Å². The molecule has 0 saturated carbocycles.